The molecule has 0 unspecified atom stereocenters. The van der Waals surface area contributed by atoms with Crippen LogP contribution in [0.15, 0.2) is 30.3 Å². The Morgan fingerprint density at radius 3 is 2.76 bits per heavy atom. The van der Waals surface area contributed by atoms with Gasteiger partial charge >= 0.3 is 0 Å². The van der Waals surface area contributed by atoms with Crippen LogP contribution >= 0.6 is 11.6 Å². The molecule has 0 heterocycles. The van der Waals surface area contributed by atoms with Crippen LogP contribution in [0.25, 0.3) is 0 Å². The molecule has 0 aromatic heterocycles. The minimum absolute atomic E-state index is 0.0146. The molecule has 1 aliphatic rings. The topological polar surface area (TPSA) is 29.1 Å². The minimum atomic E-state index is -0.309. The maximum atomic E-state index is 14.0. The van der Waals surface area contributed by atoms with E-state index < -0.39 is 0 Å². The molecule has 1 aliphatic carbocycles. The van der Waals surface area contributed by atoms with Crippen LogP contribution in [0.5, 0.6) is 0 Å². The van der Waals surface area contributed by atoms with Crippen LogP contribution in [0.4, 0.5) is 15.8 Å². The van der Waals surface area contributed by atoms with E-state index in [1.165, 1.54) is 6.07 Å². The molecule has 108 valence electrons. The van der Waals surface area contributed by atoms with Gasteiger partial charge in [-0.1, -0.05) is 24.6 Å². The van der Waals surface area contributed by atoms with Crippen molar-refractivity contribution in [3.63, 3.8) is 0 Å². The fourth-order valence-corrected chi connectivity index (χ4v) is 3.01. The van der Waals surface area contributed by atoms with Gasteiger partial charge < -0.3 is 5.32 Å². The Kier molecular flexibility index (Phi) is 3.46. The molecule has 2 nitrogen and oxygen atoms in total. The van der Waals surface area contributed by atoms with E-state index in [-0.39, 0.29) is 17.5 Å². The minimum Gasteiger partial charge on any atom is -0.355 e. The van der Waals surface area contributed by atoms with Gasteiger partial charge in [-0.15, -0.1) is 0 Å². The molecule has 0 spiro atoms. The van der Waals surface area contributed by atoms with E-state index in [2.05, 4.69) is 5.32 Å². The lowest BCUT2D eigenvalue weighted by Crippen LogP contribution is -2.02. The number of fused-ring (bicyclic) bond motifs is 1. The molecule has 4 heteroatoms. The second kappa shape index (κ2) is 5.15. The number of anilines is 2. The highest BCUT2D eigenvalue weighted by Crippen LogP contribution is 2.40. The molecule has 1 atom stereocenters. The van der Waals surface area contributed by atoms with Crippen LogP contribution in [0.1, 0.15) is 40.7 Å². The number of nitrogens with one attached hydrogen (secondary N) is 1. The smallest absolute Gasteiger partial charge is 0.165 e. The summed E-state index contributed by atoms with van der Waals surface area (Å²) in [4.78, 5) is 12.2. The summed E-state index contributed by atoms with van der Waals surface area (Å²) in [7, 11) is 0. The van der Waals surface area contributed by atoms with Gasteiger partial charge in [-0.3, -0.25) is 4.79 Å². The SMILES string of the molecule is Cc1ccc(Cl)cc1Nc1ccc(F)c2c1C(=O)C[C@H]2C. The Balaban J connectivity index is 2.09. The van der Waals surface area contributed by atoms with Crippen molar-refractivity contribution < 1.29 is 9.18 Å². The van der Waals surface area contributed by atoms with E-state index >= 15 is 0 Å². The second-order valence-electron chi connectivity index (χ2n) is 5.50. The Morgan fingerprint density at radius 1 is 1.24 bits per heavy atom. The number of aryl methyl sites for hydroxylation is 1. The summed E-state index contributed by atoms with van der Waals surface area (Å²) < 4.78 is 14.0. The van der Waals surface area contributed by atoms with Crippen molar-refractivity contribution in [3.8, 4) is 0 Å². The summed E-state index contributed by atoms with van der Waals surface area (Å²) >= 11 is 6.01. The zero-order chi connectivity index (χ0) is 15.1. The van der Waals surface area contributed by atoms with Crippen LogP contribution < -0.4 is 5.32 Å². The number of benzene rings is 2. The molecule has 0 bridgehead atoms. The molecular weight excluding hydrogens is 289 g/mol. The largest absolute Gasteiger partial charge is 0.355 e. The lowest BCUT2D eigenvalue weighted by atomic mass is 10.0. The zero-order valence-corrected chi connectivity index (χ0v) is 12.6. The second-order valence-corrected chi connectivity index (χ2v) is 5.93. The lowest BCUT2D eigenvalue weighted by Gasteiger charge is -2.14. The number of carbonyl (C=O) groups is 1. The molecule has 2 aromatic rings. The number of hydrogen-bond donors (Lipinski definition) is 1. The molecule has 0 saturated heterocycles. The van der Waals surface area contributed by atoms with Gasteiger partial charge in [0.2, 0.25) is 0 Å². The highest BCUT2D eigenvalue weighted by Gasteiger charge is 2.31. The quantitative estimate of drug-likeness (QED) is 0.824. The van der Waals surface area contributed by atoms with Gasteiger partial charge in [0.15, 0.2) is 5.78 Å². The van der Waals surface area contributed by atoms with Crippen molar-refractivity contribution in [2.24, 2.45) is 0 Å². The Labute approximate surface area is 127 Å². The first-order valence-electron chi connectivity index (χ1n) is 6.86. The third-order valence-electron chi connectivity index (χ3n) is 3.92. The predicted molar refractivity (Wildman–Crippen MR) is 83.2 cm³/mol. The molecule has 0 amide bonds. The van der Waals surface area contributed by atoms with E-state index in [0.717, 1.165) is 11.3 Å². The zero-order valence-electron chi connectivity index (χ0n) is 11.8. The number of rotatable bonds is 2. The third-order valence-corrected chi connectivity index (χ3v) is 4.16. The molecule has 2 aromatic carbocycles. The first kappa shape index (κ1) is 14.1. The normalized spacial score (nSPS) is 17.0. The predicted octanol–water partition coefficient (Wildman–Crippen LogP) is 5.22. The maximum Gasteiger partial charge on any atom is 0.165 e. The summed E-state index contributed by atoms with van der Waals surface area (Å²) in [5.74, 6) is -0.398. The fourth-order valence-electron chi connectivity index (χ4n) is 2.84. The van der Waals surface area contributed by atoms with E-state index in [1.54, 1.807) is 12.1 Å². The van der Waals surface area contributed by atoms with Gasteiger partial charge in [-0.2, -0.15) is 0 Å². The number of Topliss-reactive ketones (excluding diaryl/α,β-unsaturated/α-hetero) is 1. The molecule has 1 N–H and O–H groups in total. The summed E-state index contributed by atoms with van der Waals surface area (Å²) in [6.07, 6.45) is 0.361. The van der Waals surface area contributed by atoms with Gasteiger partial charge in [-0.25, -0.2) is 4.39 Å². The summed E-state index contributed by atoms with van der Waals surface area (Å²) in [6, 6.07) is 8.54. The summed E-state index contributed by atoms with van der Waals surface area (Å²) in [5.41, 5.74) is 3.47. The molecule has 3 rings (SSSR count). The van der Waals surface area contributed by atoms with Crippen LogP contribution in [0.3, 0.4) is 0 Å². The van der Waals surface area contributed by atoms with E-state index in [9.17, 15) is 9.18 Å². The van der Waals surface area contributed by atoms with Crippen molar-refractivity contribution in [2.75, 3.05) is 5.32 Å². The highest BCUT2D eigenvalue weighted by atomic mass is 35.5. The third kappa shape index (κ3) is 2.42. The van der Waals surface area contributed by atoms with Gasteiger partial charge in [0.25, 0.3) is 0 Å². The van der Waals surface area contributed by atoms with Gasteiger partial charge in [0.05, 0.1) is 0 Å². The molecular formula is C17H15ClFNO. The average molecular weight is 304 g/mol. The average Bonchev–Trinajstić information content (AvgIpc) is 2.73. The van der Waals surface area contributed by atoms with Crippen LogP contribution in [-0.4, -0.2) is 5.78 Å². The standard InChI is InChI=1S/C17H15ClFNO/c1-9-3-4-11(18)8-14(9)20-13-6-5-12(19)16-10(2)7-15(21)17(13)16/h3-6,8,10,20H,7H2,1-2H3/t10-/m1/s1. The summed E-state index contributed by atoms with van der Waals surface area (Å²) in [6.45, 7) is 3.83. The summed E-state index contributed by atoms with van der Waals surface area (Å²) in [5, 5.41) is 3.83. The number of hydrogen-bond acceptors (Lipinski definition) is 2. The Bertz CT molecular complexity index is 742. The monoisotopic (exact) mass is 303 g/mol. The van der Waals surface area contributed by atoms with Crippen molar-refractivity contribution in [2.45, 2.75) is 26.2 Å². The van der Waals surface area contributed by atoms with Crippen molar-refractivity contribution in [3.05, 3.63) is 57.9 Å². The number of carbonyl (C=O) groups excluding carboxylic acids is 1. The van der Waals surface area contributed by atoms with Crippen LogP contribution in [0, 0.1) is 12.7 Å². The van der Waals surface area contributed by atoms with E-state index in [0.29, 0.717) is 28.3 Å². The van der Waals surface area contributed by atoms with Gasteiger partial charge in [-0.05, 0) is 42.7 Å². The highest BCUT2D eigenvalue weighted by molar-refractivity contribution is 6.30. The molecule has 0 saturated carbocycles. The van der Waals surface area contributed by atoms with Crippen molar-refractivity contribution >= 4 is 28.8 Å². The molecule has 21 heavy (non-hydrogen) atoms. The number of ketones is 1. The first-order chi connectivity index (χ1) is 9.97. The first-order valence-corrected chi connectivity index (χ1v) is 7.24. The molecule has 0 aliphatic heterocycles. The van der Waals surface area contributed by atoms with Crippen molar-refractivity contribution in [1.29, 1.82) is 0 Å². The Hall–Kier alpha value is -1.87. The van der Waals surface area contributed by atoms with E-state index in [1.807, 2.05) is 26.0 Å². The molecule has 0 fully saturated rings. The van der Waals surface area contributed by atoms with Crippen LogP contribution in [0.2, 0.25) is 5.02 Å². The number of halogens is 2. The fraction of sp³-hybridized carbons (Fsp3) is 0.235. The van der Waals surface area contributed by atoms with Crippen molar-refractivity contribution in [1.82, 2.24) is 0 Å². The van der Waals surface area contributed by atoms with Crippen LogP contribution in [-0.2, 0) is 0 Å². The maximum absolute atomic E-state index is 14.0. The Morgan fingerprint density at radius 2 is 2.00 bits per heavy atom. The van der Waals surface area contributed by atoms with Gasteiger partial charge in [0.1, 0.15) is 5.82 Å². The van der Waals surface area contributed by atoms with Gasteiger partial charge in [0, 0.05) is 33.9 Å². The lowest BCUT2D eigenvalue weighted by molar-refractivity contribution is 0.0991. The van der Waals surface area contributed by atoms with E-state index in [4.69, 9.17) is 11.6 Å². The molecule has 0 radical (unpaired) electrons.